The third-order valence-corrected chi connectivity index (χ3v) is 2.71. The first-order valence-corrected chi connectivity index (χ1v) is 6.05. The number of hydrogen-bond acceptors (Lipinski definition) is 3. The molecule has 1 aromatic rings. The van der Waals surface area contributed by atoms with E-state index in [1.165, 1.54) is 0 Å². The topological polar surface area (TPSA) is 38.7 Å². The largest absolute Gasteiger partial charge is 0.496 e. The van der Waals surface area contributed by atoms with Crippen LogP contribution in [0.5, 0.6) is 5.75 Å². The van der Waals surface area contributed by atoms with Crippen molar-refractivity contribution < 1.29 is 14.6 Å². The lowest BCUT2D eigenvalue weighted by Crippen LogP contribution is -2.18. The lowest BCUT2D eigenvalue weighted by molar-refractivity contribution is 0.0427. The molecule has 1 atom stereocenters. The van der Waals surface area contributed by atoms with Crippen molar-refractivity contribution in [3.05, 3.63) is 28.2 Å². The van der Waals surface area contributed by atoms with E-state index in [-0.39, 0.29) is 0 Å². The van der Waals surface area contributed by atoms with E-state index in [4.69, 9.17) is 9.47 Å². The maximum Gasteiger partial charge on any atom is 0.122 e. The molecule has 0 amide bonds. The first-order valence-electron chi connectivity index (χ1n) is 5.25. The van der Waals surface area contributed by atoms with Gasteiger partial charge in [0.15, 0.2) is 0 Å². The Morgan fingerprint density at radius 2 is 2.19 bits per heavy atom. The molecule has 0 aliphatic rings. The van der Waals surface area contributed by atoms with E-state index in [0.717, 1.165) is 15.8 Å². The average molecular weight is 289 g/mol. The van der Waals surface area contributed by atoms with Gasteiger partial charge in [0, 0.05) is 17.5 Å². The first kappa shape index (κ1) is 13.5. The third kappa shape index (κ3) is 4.12. The van der Waals surface area contributed by atoms with Gasteiger partial charge in [0.25, 0.3) is 0 Å². The second-order valence-electron chi connectivity index (χ2n) is 3.47. The van der Waals surface area contributed by atoms with Gasteiger partial charge in [-0.3, -0.25) is 0 Å². The molecule has 0 saturated carbocycles. The summed E-state index contributed by atoms with van der Waals surface area (Å²) in [6.45, 7) is 2.88. The monoisotopic (exact) mass is 288 g/mol. The normalized spacial score (nSPS) is 12.5. The summed E-state index contributed by atoms with van der Waals surface area (Å²) in [7, 11) is 1.63. The van der Waals surface area contributed by atoms with E-state index < -0.39 is 6.10 Å². The highest BCUT2D eigenvalue weighted by atomic mass is 79.9. The Morgan fingerprint density at radius 3 is 2.81 bits per heavy atom. The molecule has 3 nitrogen and oxygen atoms in total. The number of methoxy groups -OCH3 is 1. The summed E-state index contributed by atoms with van der Waals surface area (Å²) in [5.41, 5.74) is 0.976. The highest BCUT2D eigenvalue weighted by molar-refractivity contribution is 9.10. The van der Waals surface area contributed by atoms with Crippen LogP contribution in [-0.2, 0) is 11.2 Å². The van der Waals surface area contributed by atoms with Gasteiger partial charge in [-0.15, -0.1) is 0 Å². The standard InChI is InChI=1S/C12H17BrO3/c1-3-16-8-11(14)7-9-6-10(13)4-5-12(9)15-2/h4-6,11,14H,3,7-8H2,1-2H3. The van der Waals surface area contributed by atoms with Crippen LogP contribution < -0.4 is 4.74 Å². The van der Waals surface area contributed by atoms with Crippen LogP contribution >= 0.6 is 15.9 Å². The Labute approximate surface area is 105 Å². The van der Waals surface area contributed by atoms with E-state index in [1.54, 1.807) is 7.11 Å². The predicted octanol–water partition coefficient (Wildman–Crippen LogP) is 2.40. The fraction of sp³-hybridized carbons (Fsp3) is 0.500. The van der Waals surface area contributed by atoms with Gasteiger partial charge >= 0.3 is 0 Å². The third-order valence-electron chi connectivity index (χ3n) is 2.21. The lowest BCUT2D eigenvalue weighted by Gasteiger charge is -2.13. The maximum atomic E-state index is 9.75. The second kappa shape index (κ2) is 6.89. The van der Waals surface area contributed by atoms with Crippen LogP contribution in [0.15, 0.2) is 22.7 Å². The lowest BCUT2D eigenvalue weighted by atomic mass is 10.1. The summed E-state index contributed by atoms with van der Waals surface area (Å²) in [6, 6.07) is 5.75. The fourth-order valence-corrected chi connectivity index (χ4v) is 1.88. The Morgan fingerprint density at radius 1 is 1.44 bits per heavy atom. The van der Waals surface area contributed by atoms with Crippen LogP contribution in [0.2, 0.25) is 0 Å². The molecule has 90 valence electrons. The molecule has 0 fully saturated rings. The number of ether oxygens (including phenoxy) is 2. The molecular formula is C12H17BrO3. The minimum Gasteiger partial charge on any atom is -0.496 e. The molecule has 0 bridgehead atoms. The molecule has 0 aromatic heterocycles. The summed E-state index contributed by atoms with van der Waals surface area (Å²) >= 11 is 3.40. The average Bonchev–Trinajstić information content (AvgIpc) is 2.27. The summed E-state index contributed by atoms with van der Waals surface area (Å²) in [6.07, 6.45) is 0.0333. The number of rotatable bonds is 6. The van der Waals surface area contributed by atoms with E-state index in [1.807, 2.05) is 25.1 Å². The number of halogens is 1. The molecule has 0 heterocycles. The van der Waals surface area contributed by atoms with Gasteiger partial charge in [0.1, 0.15) is 5.75 Å². The Hall–Kier alpha value is -0.580. The van der Waals surface area contributed by atoms with Crippen LogP contribution in [0.1, 0.15) is 12.5 Å². The molecule has 0 spiro atoms. The molecule has 0 aliphatic heterocycles. The Kier molecular flexibility index (Phi) is 5.80. The van der Waals surface area contributed by atoms with Gasteiger partial charge in [-0.05, 0) is 30.7 Å². The minimum absolute atomic E-state index is 0.353. The second-order valence-corrected chi connectivity index (χ2v) is 4.39. The Bertz CT molecular complexity index is 328. The zero-order valence-electron chi connectivity index (χ0n) is 9.57. The van der Waals surface area contributed by atoms with E-state index in [2.05, 4.69) is 15.9 Å². The van der Waals surface area contributed by atoms with Crippen molar-refractivity contribution >= 4 is 15.9 Å². The van der Waals surface area contributed by atoms with Crippen LogP contribution in [0, 0.1) is 0 Å². The number of benzene rings is 1. The zero-order valence-corrected chi connectivity index (χ0v) is 11.2. The van der Waals surface area contributed by atoms with Gasteiger partial charge in [0.2, 0.25) is 0 Å². The van der Waals surface area contributed by atoms with Crippen molar-refractivity contribution in [2.45, 2.75) is 19.4 Å². The quantitative estimate of drug-likeness (QED) is 0.874. The van der Waals surface area contributed by atoms with Gasteiger partial charge in [-0.2, -0.15) is 0 Å². The van der Waals surface area contributed by atoms with Crippen molar-refractivity contribution in [3.63, 3.8) is 0 Å². The molecule has 1 N–H and O–H groups in total. The van der Waals surface area contributed by atoms with E-state index >= 15 is 0 Å². The van der Waals surface area contributed by atoms with Crippen LogP contribution in [0.25, 0.3) is 0 Å². The fourth-order valence-electron chi connectivity index (χ4n) is 1.47. The Balaban J connectivity index is 2.67. The molecule has 16 heavy (non-hydrogen) atoms. The van der Waals surface area contributed by atoms with Crippen LogP contribution in [0.4, 0.5) is 0 Å². The highest BCUT2D eigenvalue weighted by Crippen LogP contribution is 2.24. The molecular weight excluding hydrogens is 272 g/mol. The molecule has 0 saturated heterocycles. The predicted molar refractivity (Wildman–Crippen MR) is 66.9 cm³/mol. The summed E-state index contributed by atoms with van der Waals surface area (Å²) in [5, 5.41) is 9.75. The molecule has 1 aromatic carbocycles. The zero-order chi connectivity index (χ0) is 12.0. The summed E-state index contributed by atoms with van der Waals surface area (Å²) in [5.74, 6) is 0.791. The van der Waals surface area contributed by atoms with Gasteiger partial charge in [-0.25, -0.2) is 0 Å². The highest BCUT2D eigenvalue weighted by Gasteiger charge is 2.10. The van der Waals surface area contributed by atoms with Crippen LogP contribution in [0.3, 0.4) is 0 Å². The first-order chi connectivity index (χ1) is 7.67. The van der Waals surface area contributed by atoms with Gasteiger partial charge in [0.05, 0.1) is 19.8 Å². The number of hydrogen-bond donors (Lipinski definition) is 1. The summed E-state index contributed by atoms with van der Waals surface area (Å²) < 4.78 is 11.4. The van der Waals surface area contributed by atoms with Crippen molar-refractivity contribution in [2.75, 3.05) is 20.3 Å². The van der Waals surface area contributed by atoms with E-state index in [0.29, 0.717) is 19.6 Å². The smallest absolute Gasteiger partial charge is 0.122 e. The van der Waals surface area contributed by atoms with Gasteiger partial charge in [-0.1, -0.05) is 15.9 Å². The van der Waals surface area contributed by atoms with Crippen molar-refractivity contribution in [2.24, 2.45) is 0 Å². The van der Waals surface area contributed by atoms with Crippen molar-refractivity contribution in [1.29, 1.82) is 0 Å². The molecule has 0 radical (unpaired) electrons. The van der Waals surface area contributed by atoms with Crippen molar-refractivity contribution in [3.8, 4) is 5.75 Å². The molecule has 4 heteroatoms. The van der Waals surface area contributed by atoms with Crippen LogP contribution in [-0.4, -0.2) is 31.5 Å². The SMILES string of the molecule is CCOCC(O)Cc1cc(Br)ccc1OC. The number of aliphatic hydroxyl groups is 1. The summed E-state index contributed by atoms with van der Waals surface area (Å²) in [4.78, 5) is 0. The molecule has 0 aliphatic carbocycles. The molecule has 1 unspecified atom stereocenters. The maximum absolute atomic E-state index is 9.75. The van der Waals surface area contributed by atoms with E-state index in [9.17, 15) is 5.11 Å². The molecule has 1 rings (SSSR count). The van der Waals surface area contributed by atoms with Gasteiger partial charge < -0.3 is 14.6 Å². The minimum atomic E-state index is -0.497. The number of aliphatic hydroxyl groups excluding tert-OH is 1. The van der Waals surface area contributed by atoms with Crippen molar-refractivity contribution in [1.82, 2.24) is 0 Å².